The molecular weight excluding hydrogens is 264 g/mol. The van der Waals surface area contributed by atoms with Gasteiger partial charge in [0.15, 0.2) is 0 Å². The van der Waals surface area contributed by atoms with E-state index >= 15 is 0 Å². The molecule has 1 aromatic heterocycles. The van der Waals surface area contributed by atoms with Gasteiger partial charge in [0, 0.05) is 22.8 Å². The van der Waals surface area contributed by atoms with Crippen molar-refractivity contribution in [1.29, 1.82) is 0 Å². The van der Waals surface area contributed by atoms with E-state index in [1.54, 1.807) is 18.2 Å². The predicted octanol–water partition coefficient (Wildman–Crippen LogP) is 3.19. The van der Waals surface area contributed by atoms with Gasteiger partial charge in [0.25, 0.3) is 0 Å². The zero-order chi connectivity index (χ0) is 13.8. The lowest BCUT2D eigenvalue weighted by atomic mass is 10.2. The monoisotopic (exact) mass is 280 g/mol. The molecule has 0 spiro atoms. The van der Waals surface area contributed by atoms with E-state index in [1.165, 1.54) is 0 Å². The van der Waals surface area contributed by atoms with E-state index in [4.69, 9.17) is 16.3 Å². The number of aliphatic hydroxyl groups excluding tert-OH is 1. The number of hydrogen-bond acceptors (Lipinski definition) is 3. The fourth-order valence-electron chi connectivity index (χ4n) is 1.71. The normalized spacial score (nSPS) is 11.0. The van der Waals surface area contributed by atoms with Crippen LogP contribution in [0.4, 0.5) is 0 Å². The van der Waals surface area contributed by atoms with Gasteiger partial charge in [0.05, 0.1) is 12.3 Å². The molecule has 0 saturated heterocycles. The van der Waals surface area contributed by atoms with Gasteiger partial charge in [-0.1, -0.05) is 11.6 Å². The van der Waals surface area contributed by atoms with E-state index < -0.39 is 0 Å². The summed E-state index contributed by atoms with van der Waals surface area (Å²) in [6.45, 7) is 4.41. The summed E-state index contributed by atoms with van der Waals surface area (Å²) in [5, 5.41) is 14.2. The second kappa shape index (κ2) is 6.08. The van der Waals surface area contributed by atoms with Crippen LogP contribution in [0, 0.1) is 0 Å². The van der Waals surface area contributed by atoms with Crippen LogP contribution < -0.4 is 4.74 Å². The summed E-state index contributed by atoms with van der Waals surface area (Å²) in [5.74, 6) is 0.631. The third kappa shape index (κ3) is 3.49. The fraction of sp³-hybridized carbons (Fsp3) is 0.357. The molecule has 4 nitrogen and oxygen atoms in total. The topological polar surface area (TPSA) is 47.3 Å². The van der Waals surface area contributed by atoms with Gasteiger partial charge in [-0.15, -0.1) is 0 Å². The van der Waals surface area contributed by atoms with Crippen LogP contribution in [-0.2, 0) is 13.2 Å². The predicted molar refractivity (Wildman–Crippen MR) is 74.3 cm³/mol. The highest BCUT2D eigenvalue weighted by Crippen LogP contribution is 2.23. The largest absolute Gasteiger partial charge is 0.487 e. The SMILES string of the molecule is CC(C)n1ccc(COc2ccc(Cl)cc2CO)n1. The Kier molecular flexibility index (Phi) is 4.45. The molecule has 0 radical (unpaired) electrons. The third-order valence-corrected chi connectivity index (χ3v) is 3.00. The van der Waals surface area contributed by atoms with Crippen molar-refractivity contribution in [3.8, 4) is 5.75 Å². The molecule has 0 fully saturated rings. The minimum absolute atomic E-state index is 0.101. The third-order valence-electron chi connectivity index (χ3n) is 2.76. The van der Waals surface area contributed by atoms with Crippen LogP contribution in [0.1, 0.15) is 31.1 Å². The Labute approximate surface area is 117 Å². The number of benzene rings is 1. The minimum atomic E-state index is -0.101. The molecule has 0 amide bonds. The summed E-state index contributed by atoms with van der Waals surface area (Å²) in [5.41, 5.74) is 1.53. The highest BCUT2D eigenvalue weighted by Gasteiger charge is 2.06. The lowest BCUT2D eigenvalue weighted by molar-refractivity contribution is 0.257. The van der Waals surface area contributed by atoms with Gasteiger partial charge in [-0.2, -0.15) is 5.10 Å². The van der Waals surface area contributed by atoms with Crippen LogP contribution in [0.25, 0.3) is 0 Å². The van der Waals surface area contributed by atoms with Gasteiger partial charge in [-0.25, -0.2) is 0 Å². The van der Waals surface area contributed by atoms with Crippen molar-refractivity contribution in [1.82, 2.24) is 9.78 Å². The highest BCUT2D eigenvalue weighted by atomic mass is 35.5. The van der Waals surface area contributed by atoms with Gasteiger partial charge in [0.1, 0.15) is 12.4 Å². The van der Waals surface area contributed by atoms with Crippen molar-refractivity contribution in [2.45, 2.75) is 33.1 Å². The molecule has 1 N–H and O–H groups in total. The molecule has 2 rings (SSSR count). The Morgan fingerprint density at radius 1 is 1.37 bits per heavy atom. The molecule has 1 aromatic carbocycles. The number of hydrogen-bond donors (Lipinski definition) is 1. The number of rotatable bonds is 5. The molecule has 5 heteroatoms. The highest BCUT2D eigenvalue weighted by molar-refractivity contribution is 6.30. The van der Waals surface area contributed by atoms with Gasteiger partial charge < -0.3 is 9.84 Å². The molecular formula is C14H17ClN2O2. The lowest BCUT2D eigenvalue weighted by Gasteiger charge is -2.09. The van der Waals surface area contributed by atoms with Gasteiger partial charge in [0.2, 0.25) is 0 Å². The van der Waals surface area contributed by atoms with Gasteiger partial charge >= 0.3 is 0 Å². The van der Waals surface area contributed by atoms with Crippen LogP contribution in [0.2, 0.25) is 5.02 Å². The molecule has 0 aliphatic heterocycles. The molecule has 0 aliphatic rings. The first kappa shape index (κ1) is 13.9. The first-order valence-corrected chi connectivity index (χ1v) is 6.54. The smallest absolute Gasteiger partial charge is 0.132 e. The number of ether oxygens (including phenoxy) is 1. The number of nitrogens with zero attached hydrogens (tertiary/aromatic N) is 2. The van der Waals surface area contributed by atoms with Crippen LogP contribution in [0.3, 0.4) is 0 Å². The summed E-state index contributed by atoms with van der Waals surface area (Å²) in [4.78, 5) is 0. The molecule has 19 heavy (non-hydrogen) atoms. The Bertz CT molecular complexity index is 552. The van der Waals surface area contributed by atoms with Crippen molar-refractivity contribution in [3.63, 3.8) is 0 Å². The maximum Gasteiger partial charge on any atom is 0.132 e. The van der Waals surface area contributed by atoms with E-state index in [-0.39, 0.29) is 6.61 Å². The zero-order valence-electron chi connectivity index (χ0n) is 11.0. The van der Waals surface area contributed by atoms with Crippen molar-refractivity contribution in [2.75, 3.05) is 0 Å². The maximum absolute atomic E-state index is 9.26. The second-order valence-corrected chi connectivity index (χ2v) is 5.02. The van der Waals surface area contributed by atoms with Crippen molar-refractivity contribution in [3.05, 3.63) is 46.7 Å². The first-order valence-electron chi connectivity index (χ1n) is 6.16. The van der Waals surface area contributed by atoms with E-state index in [1.807, 2.05) is 16.9 Å². The summed E-state index contributed by atoms with van der Waals surface area (Å²) >= 11 is 5.87. The summed E-state index contributed by atoms with van der Waals surface area (Å²) in [6.07, 6.45) is 1.93. The Morgan fingerprint density at radius 2 is 2.16 bits per heavy atom. The Balaban J connectivity index is 2.05. The first-order chi connectivity index (χ1) is 9.10. The van der Waals surface area contributed by atoms with Crippen LogP contribution in [0.5, 0.6) is 5.75 Å². The average Bonchev–Trinajstić information content (AvgIpc) is 2.86. The quantitative estimate of drug-likeness (QED) is 0.915. The van der Waals surface area contributed by atoms with E-state index in [2.05, 4.69) is 18.9 Å². The molecule has 0 aliphatic carbocycles. The average molecular weight is 281 g/mol. The second-order valence-electron chi connectivity index (χ2n) is 4.58. The molecule has 102 valence electrons. The molecule has 0 saturated carbocycles. The summed E-state index contributed by atoms with van der Waals surface area (Å²) in [6, 6.07) is 7.45. The summed E-state index contributed by atoms with van der Waals surface area (Å²) < 4.78 is 7.55. The minimum Gasteiger partial charge on any atom is -0.487 e. The van der Waals surface area contributed by atoms with Crippen LogP contribution in [-0.4, -0.2) is 14.9 Å². The van der Waals surface area contributed by atoms with Crippen molar-refractivity contribution in [2.24, 2.45) is 0 Å². The number of aliphatic hydroxyl groups is 1. The van der Waals surface area contributed by atoms with E-state index in [9.17, 15) is 5.11 Å². The van der Waals surface area contributed by atoms with Crippen molar-refractivity contribution >= 4 is 11.6 Å². The fourth-order valence-corrected chi connectivity index (χ4v) is 1.90. The lowest BCUT2D eigenvalue weighted by Crippen LogP contribution is -2.04. The molecule has 0 bridgehead atoms. The molecule has 1 heterocycles. The standard InChI is InChI=1S/C14H17ClN2O2/c1-10(2)17-6-5-13(16-17)9-19-14-4-3-12(15)7-11(14)8-18/h3-7,10,18H,8-9H2,1-2H3. The van der Waals surface area contributed by atoms with Crippen molar-refractivity contribution < 1.29 is 9.84 Å². The Morgan fingerprint density at radius 3 is 2.79 bits per heavy atom. The maximum atomic E-state index is 9.26. The van der Waals surface area contributed by atoms with Crippen LogP contribution >= 0.6 is 11.6 Å². The van der Waals surface area contributed by atoms with Gasteiger partial charge in [-0.3, -0.25) is 4.68 Å². The zero-order valence-corrected chi connectivity index (χ0v) is 11.8. The Hall–Kier alpha value is -1.52. The molecule has 0 unspecified atom stereocenters. The number of halogens is 1. The molecule has 0 atom stereocenters. The molecule has 2 aromatic rings. The van der Waals surface area contributed by atoms with Gasteiger partial charge in [-0.05, 0) is 38.1 Å². The number of aromatic nitrogens is 2. The van der Waals surface area contributed by atoms with E-state index in [0.29, 0.717) is 29.0 Å². The summed E-state index contributed by atoms with van der Waals surface area (Å²) in [7, 11) is 0. The van der Waals surface area contributed by atoms with E-state index in [0.717, 1.165) is 5.69 Å². The van der Waals surface area contributed by atoms with Crippen LogP contribution in [0.15, 0.2) is 30.5 Å².